The summed E-state index contributed by atoms with van der Waals surface area (Å²) in [5, 5.41) is 7.37. The summed E-state index contributed by atoms with van der Waals surface area (Å²) < 4.78 is 44.1. The highest BCUT2D eigenvalue weighted by Gasteiger charge is 2.31. The number of anilines is 1. The molecule has 0 aliphatic heterocycles. The number of alkyl halides is 3. The fraction of sp³-hybridized carbons (Fsp3) is 0.143. The van der Waals surface area contributed by atoms with Gasteiger partial charge in [-0.2, -0.15) is 5.10 Å². The van der Waals surface area contributed by atoms with Gasteiger partial charge in [-0.15, -0.1) is 13.2 Å². The number of aryl methyl sites for hydroxylation is 1. The van der Waals surface area contributed by atoms with Gasteiger partial charge >= 0.3 is 6.36 Å². The number of hydrogen-bond donors (Lipinski definition) is 1. The lowest BCUT2D eigenvalue weighted by Gasteiger charge is -2.15. The van der Waals surface area contributed by atoms with Crippen LogP contribution in [0.4, 0.5) is 18.9 Å². The number of aromatic nitrogens is 5. The number of nitrogens with zero attached hydrogens (tertiary/aromatic N) is 5. The molecule has 0 unspecified atom stereocenters. The quantitative estimate of drug-likeness (QED) is 0.492. The van der Waals surface area contributed by atoms with Crippen LogP contribution in [0.5, 0.6) is 5.75 Å². The second-order valence-electron chi connectivity index (χ2n) is 6.80. The lowest BCUT2D eigenvalue weighted by molar-refractivity contribution is -0.274. The second-order valence-corrected chi connectivity index (χ2v) is 6.80. The van der Waals surface area contributed by atoms with Crippen LogP contribution in [0.3, 0.4) is 0 Å². The standard InChI is InChI=1S/C21H17F3N6O2/c1-29-12-14(9-28-29)18-13-30(16-2-4-17(5-3-16)32-21(22,23)24)20(31)8-19(18)27-11-15-10-25-6-7-26-15/h2-10,12-13,27H,11H2,1H3. The Morgan fingerprint density at radius 1 is 1.09 bits per heavy atom. The second kappa shape index (κ2) is 8.53. The summed E-state index contributed by atoms with van der Waals surface area (Å²) in [5.41, 5.74) is 2.69. The zero-order valence-corrected chi connectivity index (χ0v) is 16.7. The molecule has 3 heterocycles. The molecule has 1 N–H and O–H groups in total. The van der Waals surface area contributed by atoms with Gasteiger partial charge in [-0.25, -0.2) is 0 Å². The molecule has 0 bridgehead atoms. The van der Waals surface area contributed by atoms with Crippen molar-refractivity contribution >= 4 is 5.69 Å². The average Bonchev–Trinajstić information content (AvgIpc) is 3.19. The maximum absolute atomic E-state index is 12.8. The van der Waals surface area contributed by atoms with E-state index in [4.69, 9.17) is 0 Å². The van der Waals surface area contributed by atoms with E-state index in [1.165, 1.54) is 22.8 Å². The molecule has 0 saturated heterocycles. The molecular formula is C21H17F3N6O2. The number of ether oxygens (including phenoxy) is 1. The Labute approximate surface area is 179 Å². The Morgan fingerprint density at radius 2 is 1.88 bits per heavy atom. The van der Waals surface area contributed by atoms with Gasteiger partial charge in [-0.05, 0) is 24.3 Å². The Bertz CT molecular complexity index is 1270. The Morgan fingerprint density at radius 3 is 2.50 bits per heavy atom. The van der Waals surface area contributed by atoms with Crippen molar-refractivity contribution in [1.82, 2.24) is 24.3 Å². The van der Waals surface area contributed by atoms with E-state index >= 15 is 0 Å². The average molecular weight is 442 g/mol. The minimum atomic E-state index is -4.79. The number of rotatable bonds is 6. The van der Waals surface area contributed by atoms with Crippen molar-refractivity contribution in [2.45, 2.75) is 12.9 Å². The van der Waals surface area contributed by atoms with Crippen molar-refractivity contribution in [3.8, 4) is 22.6 Å². The van der Waals surface area contributed by atoms with E-state index in [-0.39, 0.29) is 11.3 Å². The molecule has 0 aliphatic carbocycles. The fourth-order valence-electron chi connectivity index (χ4n) is 3.09. The Kier molecular flexibility index (Phi) is 5.63. The summed E-state index contributed by atoms with van der Waals surface area (Å²) in [6.07, 6.45) is 5.01. The number of benzene rings is 1. The van der Waals surface area contributed by atoms with Crippen LogP contribution in [0, 0.1) is 0 Å². The molecule has 0 amide bonds. The van der Waals surface area contributed by atoms with E-state index in [2.05, 4.69) is 25.1 Å². The molecule has 0 aliphatic rings. The molecule has 0 saturated carbocycles. The summed E-state index contributed by atoms with van der Waals surface area (Å²) in [6.45, 7) is 0.341. The number of hydrogen-bond acceptors (Lipinski definition) is 6. The van der Waals surface area contributed by atoms with E-state index in [1.807, 2.05) is 0 Å². The summed E-state index contributed by atoms with van der Waals surface area (Å²) in [4.78, 5) is 21.0. The third-order valence-corrected chi connectivity index (χ3v) is 4.49. The van der Waals surface area contributed by atoms with Gasteiger partial charge in [0.15, 0.2) is 0 Å². The van der Waals surface area contributed by atoms with Crippen molar-refractivity contribution in [2.24, 2.45) is 7.05 Å². The summed E-state index contributed by atoms with van der Waals surface area (Å²) in [7, 11) is 1.77. The van der Waals surface area contributed by atoms with Gasteiger partial charge in [-0.1, -0.05) is 0 Å². The molecular weight excluding hydrogens is 425 g/mol. The minimum absolute atomic E-state index is 0.341. The molecule has 0 fully saturated rings. The van der Waals surface area contributed by atoms with Gasteiger partial charge in [0.1, 0.15) is 5.75 Å². The monoisotopic (exact) mass is 442 g/mol. The van der Waals surface area contributed by atoms with E-state index in [9.17, 15) is 18.0 Å². The lowest BCUT2D eigenvalue weighted by atomic mass is 10.1. The Hall–Kier alpha value is -4.15. The first-order valence-corrected chi connectivity index (χ1v) is 9.39. The third kappa shape index (κ3) is 4.94. The van der Waals surface area contributed by atoms with Crippen LogP contribution in [0.15, 0.2) is 72.3 Å². The van der Waals surface area contributed by atoms with Crippen LogP contribution >= 0.6 is 0 Å². The molecule has 164 valence electrons. The van der Waals surface area contributed by atoms with E-state index in [0.29, 0.717) is 29.2 Å². The number of halogens is 3. The first-order valence-electron chi connectivity index (χ1n) is 9.39. The smallest absolute Gasteiger partial charge is 0.406 e. The van der Waals surface area contributed by atoms with Gasteiger partial charge in [0.25, 0.3) is 5.56 Å². The van der Waals surface area contributed by atoms with Gasteiger partial charge < -0.3 is 10.1 Å². The molecule has 8 nitrogen and oxygen atoms in total. The van der Waals surface area contributed by atoms with Crippen LogP contribution in [-0.4, -0.2) is 30.7 Å². The molecule has 4 rings (SSSR count). The van der Waals surface area contributed by atoms with Crippen molar-refractivity contribution in [3.05, 3.63) is 83.6 Å². The predicted octanol–water partition coefficient (Wildman–Crippen LogP) is 3.54. The molecule has 1 aromatic carbocycles. The maximum Gasteiger partial charge on any atom is 0.573 e. The van der Waals surface area contributed by atoms with Crippen LogP contribution in [0.1, 0.15) is 5.69 Å². The molecule has 0 spiro atoms. The summed E-state index contributed by atoms with van der Waals surface area (Å²) in [6, 6.07) is 6.47. The predicted molar refractivity (Wildman–Crippen MR) is 110 cm³/mol. The largest absolute Gasteiger partial charge is 0.573 e. The first kappa shape index (κ1) is 21.1. The van der Waals surface area contributed by atoms with Gasteiger partial charge in [0, 0.05) is 60.4 Å². The first-order chi connectivity index (χ1) is 15.3. The van der Waals surface area contributed by atoms with Gasteiger partial charge in [0.05, 0.1) is 24.6 Å². The summed E-state index contributed by atoms with van der Waals surface area (Å²) in [5.74, 6) is -0.371. The van der Waals surface area contributed by atoms with Crippen molar-refractivity contribution in [1.29, 1.82) is 0 Å². The molecule has 0 radical (unpaired) electrons. The number of pyridine rings is 1. The van der Waals surface area contributed by atoms with E-state index in [1.54, 1.807) is 48.9 Å². The molecule has 11 heteroatoms. The normalized spacial score (nSPS) is 11.4. The highest BCUT2D eigenvalue weighted by Crippen LogP contribution is 2.28. The molecule has 4 aromatic rings. The van der Waals surface area contributed by atoms with Crippen LogP contribution in [0.25, 0.3) is 16.8 Å². The van der Waals surface area contributed by atoms with Gasteiger partial charge in [-0.3, -0.25) is 24.0 Å². The SMILES string of the molecule is Cn1cc(-c2cn(-c3ccc(OC(F)(F)F)cc3)c(=O)cc2NCc2cnccn2)cn1. The maximum atomic E-state index is 12.8. The van der Waals surface area contributed by atoms with Crippen LogP contribution < -0.4 is 15.6 Å². The van der Waals surface area contributed by atoms with E-state index in [0.717, 1.165) is 17.7 Å². The van der Waals surface area contributed by atoms with Crippen molar-refractivity contribution in [3.63, 3.8) is 0 Å². The van der Waals surface area contributed by atoms with Crippen LogP contribution in [0.2, 0.25) is 0 Å². The molecule has 0 atom stereocenters. The molecule has 32 heavy (non-hydrogen) atoms. The highest BCUT2D eigenvalue weighted by atomic mass is 19.4. The Balaban J connectivity index is 1.70. The fourth-order valence-corrected chi connectivity index (χ4v) is 3.09. The van der Waals surface area contributed by atoms with Crippen LogP contribution in [-0.2, 0) is 13.6 Å². The lowest BCUT2D eigenvalue weighted by Crippen LogP contribution is -2.19. The topological polar surface area (TPSA) is 86.9 Å². The zero-order valence-electron chi connectivity index (χ0n) is 16.7. The zero-order chi connectivity index (χ0) is 22.7. The minimum Gasteiger partial charge on any atom is -0.406 e. The highest BCUT2D eigenvalue weighted by molar-refractivity contribution is 5.76. The molecule has 3 aromatic heterocycles. The third-order valence-electron chi connectivity index (χ3n) is 4.49. The van der Waals surface area contributed by atoms with Gasteiger partial charge in [0.2, 0.25) is 0 Å². The number of nitrogens with one attached hydrogen (secondary N) is 1. The van der Waals surface area contributed by atoms with Crippen molar-refractivity contribution < 1.29 is 17.9 Å². The van der Waals surface area contributed by atoms with Crippen molar-refractivity contribution in [2.75, 3.05) is 5.32 Å². The summed E-state index contributed by atoms with van der Waals surface area (Å²) >= 11 is 0. The van der Waals surface area contributed by atoms with E-state index < -0.39 is 6.36 Å².